The standard InChI is InChI=1S/C11H15F3N2O3/c1-18-4-2-5-19-6-3-16-8-9(7-15-16)10(17)11(12,13)14/h7-8H,2-6H2,1H3. The molecule has 0 spiro atoms. The number of hydrogen-bond donors (Lipinski definition) is 0. The fraction of sp³-hybridized carbons (Fsp3) is 0.636. The quantitative estimate of drug-likeness (QED) is 0.537. The summed E-state index contributed by atoms with van der Waals surface area (Å²) in [6.07, 6.45) is -2.16. The highest BCUT2D eigenvalue weighted by molar-refractivity contribution is 5.99. The van der Waals surface area contributed by atoms with Gasteiger partial charge in [0.05, 0.1) is 24.9 Å². The minimum absolute atomic E-state index is 0.290. The van der Waals surface area contributed by atoms with Crippen LogP contribution in [-0.2, 0) is 16.0 Å². The number of carbonyl (C=O) groups excluding carboxylic acids is 1. The van der Waals surface area contributed by atoms with Gasteiger partial charge in [-0.2, -0.15) is 18.3 Å². The number of rotatable bonds is 8. The summed E-state index contributed by atoms with van der Waals surface area (Å²) in [5, 5.41) is 3.68. The van der Waals surface area contributed by atoms with Gasteiger partial charge in [0, 0.05) is 26.5 Å². The molecule has 0 amide bonds. The van der Waals surface area contributed by atoms with Gasteiger partial charge in [0.1, 0.15) is 0 Å². The van der Waals surface area contributed by atoms with Gasteiger partial charge in [-0.1, -0.05) is 0 Å². The monoisotopic (exact) mass is 280 g/mol. The van der Waals surface area contributed by atoms with Crippen LogP contribution in [-0.4, -0.2) is 48.7 Å². The summed E-state index contributed by atoms with van der Waals surface area (Å²) in [5.41, 5.74) is -0.466. The Bertz CT molecular complexity index is 404. The maximum Gasteiger partial charge on any atom is 0.454 e. The molecule has 0 bridgehead atoms. The molecule has 1 heterocycles. The third-order valence-electron chi connectivity index (χ3n) is 2.25. The Kier molecular flexibility index (Phi) is 5.97. The maximum absolute atomic E-state index is 12.1. The summed E-state index contributed by atoms with van der Waals surface area (Å²) in [5.74, 6) is -1.89. The van der Waals surface area contributed by atoms with E-state index >= 15 is 0 Å². The molecule has 0 unspecified atom stereocenters. The summed E-state index contributed by atoms with van der Waals surface area (Å²) in [4.78, 5) is 10.9. The van der Waals surface area contributed by atoms with Gasteiger partial charge in [-0.3, -0.25) is 9.48 Å². The molecule has 0 atom stereocenters. The summed E-state index contributed by atoms with van der Waals surface area (Å²) < 4.78 is 47.7. The van der Waals surface area contributed by atoms with Crippen molar-refractivity contribution in [3.8, 4) is 0 Å². The normalized spacial score (nSPS) is 11.8. The van der Waals surface area contributed by atoms with Crippen LogP contribution in [0.1, 0.15) is 16.8 Å². The molecule has 1 aromatic heterocycles. The fourth-order valence-corrected chi connectivity index (χ4v) is 1.33. The topological polar surface area (TPSA) is 53.4 Å². The first-order chi connectivity index (χ1) is 8.95. The molecule has 0 aromatic carbocycles. The molecule has 0 aliphatic rings. The van der Waals surface area contributed by atoms with Crippen molar-refractivity contribution in [2.45, 2.75) is 19.1 Å². The summed E-state index contributed by atoms with van der Waals surface area (Å²) in [6.45, 7) is 1.69. The van der Waals surface area contributed by atoms with Crippen LogP contribution in [0.3, 0.4) is 0 Å². The van der Waals surface area contributed by atoms with E-state index in [4.69, 9.17) is 9.47 Å². The maximum atomic E-state index is 12.1. The highest BCUT2D eigenvalue weighted by Crippen LogP contribution is 2.20. The smallest absolute Gasteiger partial charge is 0.385 e. The SMILES string of the molecule is COCCCOCCn1cc(C(=O)C(F)(F)F)cn1. The van der Waals surface area contributed by atoms with E-state index in [1.807, 2.05) is 0 Å². The molecule has 0 aliphatic carbocycles. The fourth-order valence-electron chi connectivity index (χ4n) is 1.33. The molecule has 0 radical (unpaired) electrons. The number of aromatic nitrogens is 2. The Balaban J connectivity index is 2.33. The van der Waals surface area contributed by atoms with E-state index in [0.29, 0.717) is 19.8 Å². The minimum atomic E-state index is -4.87. The van der Waals surface area contributed by atoms with Crippen molar-refractivity contribution in [3.05, 3.63) is 18.0 Å². The second kappa shape index (κ2) is 7.25. The first-order valence-electron chi connectivity index (χ1n) is 5.66. The molecule has 108 valence electrons. The number of halogens is 3. The van der Waals surface area contributed by atoms with Crippen LogP contribution in [0.2, 0.25) is 0 Å². The number of ether oxygens (including phenoxy) is 2. The zero-order valence-electron chi connectivity index (χ0n) is 10.4. The largest absolute Gasteiger partial charge is 0.454 e. The van der Waals surface area contributed by atoms with Crippen molar-refractivity contribution in [2.75, 3.05) is 26.9 Å². The van der Waals surface area contributed by atoms with Gasteiger partial charge in [0.2, 0.25) is 0 Å². The minimum Gasteiger partial charge on any atom is -0.385 e. The van der Waals surface area contributed by atoms with Crippen molar-refractivity contribution in [2.24, 2.45) is 0 Å². The number of carbonyl (C=O) groups is 1. The lowest BCUT2D eigenvalue weighted by atomic mass is 10.2. The predicted molar refractivity (Wildman–Crippen MR) is 59.9 cm³/mol. The van der Waals surface area contributed by atoms with Gasteiger partial charge in [-0.25, -0.2) is 0 Å². The molecular weight excluding hydrogens is 265 g/mol. The molecule has 0 fully saturated rings. The second-order valence-electron chi connectivity index (χ2n) is 3.78. The van der Waals surface area contributed by atoms with Crippen LogP contribution < -0.4 is 0 Å². The number of alkyl halides is 3. The predicted octanol–water partition coefficient (Wildman–Crippen LogP) is 1.68. The van der Waals surface area contributed by atoms with E-state index in [-0.39, 0.29) is 6.54 Å². The van der Waals surface area contributed by atoms with E-state index in [1.54, 1.807) is 7.11 Å². The van der Waals surface area contributed by atoms with Crippen LogP contribution in [0.15, 0.2) is 12.4 Å². The van der Waals surface area contributed by atoms with Crippen LogP contribution in [0.4, 0.5) is 13.2 Å². The Morgan fingerprint density at radius 2 is 2.11 bits per heavy atom. The van der Waals surface area contributed by atoms with E-state index < -0.39 is 17.5 Å². The lowest BCUT2D eigenvalue weighted by Crippen LogP contribution is -2.22. The molecule has 0 N–H and O–H groups in total. The molecule has 0 saturated carbocycles. The van der Waals surface area contributed by atoms with E-state index in [1.165, 1.54) is 4.68 Å². The molecule has 0 aliphatic heterocycles. The molecule has 8 heteroatoms. The molecule has 19 heavy (non-hydrogen) atoms. The van der Waals surface area contributed by atoms with Crippen molar-refractivity contribution in [1.82, 2.24) is 9.78 Å². The lowest BCUT2D eigenvalue weighted by molar-refractivity contribution is -0.0885. The first kappa shape index (κ1) is 15.6. The molecule has 0 saturated heterocycles. The van der Waals surface area contributed by atoms with Gasteiger partial charge >= 0.3 is 6.18 Å². The van der Waals surface area contributed by atoms with Crippen LogP contribution >= 0.6 is 0 Å². The number of hydrogen-bond acceptors (Lipinski definition) is 4. The molecular formula is C11H15F3N2O3. The Morgan fingerprint density at radius 1 is 1.37 bits per heavy atom. The molecule has 1 aromatic rings. The average Bonchev–Trinajstić information content (AvgIpc) is 2.80. The Morgan fingerprint density at radius 3 is 2.74 bits per heavy atom. The third kappa shape index (κ3) is 5.39. The van der Waals surface area contributed by atoms with E-state index in [9.17, 15) is 18.0 Å². The van der Waals surface area contributed by atoms with E-state index in [2.05, 4.69) is 5.10 Å². The average molecular weight is 280 g/mol. The Hall–Kier alpha value is -1.41. The van der Waals surface area contributed by atoms with Gasteiger partial charge in [0.25, 0.3) is 5.78 Å². The Labute approximate surface area is 108 Å². The second-order valence-corrected chi connectivity index (χ2v) is 3.78. The van der Waals surface area contributed by atoms with Crippen molar-refractivity contribution < 1.29 is 27.4 Å². The highest BCUT2D eigenvalue weighted by atomic mass is 19.4. The summed E-state index contributed by atoms with van der Waals surface area (Å²) in [7, 11) is 1.59. The van der Waals surface area contributed by atoms with Gasteiger partial charge < -0.3 is 9.47 Å². The highest BCUT2D eigenvalue weighted by Gasteiger charge is 2.39. The zero-order valence-corrected chi connectivity index (χ0v) is 10.4. The van der Waals surface area contributed by atoms with Crippen LogP contribution in [0, 0.1) is 0 Å². The van der Waals surface area contributed by atoms with Crippen molar-refractivity contribution in [1.29, 1.82) is 0 Å². The van der Waals surface area contributed by atoms with Crippen LogP contribution in [0.25, 0.3) is 0 Å². The number of Topliss-reactive ketones (excluding diaryl/α,β-unsaturated/α-hetero) is 1. The van der Waals surface area contributed by atoms with Gasteiger partial charge in [-0.15, -0.1) is 0 Å². The molecule has 5 nitrogen and oxygen atoms in total. The first-order valence-corrected chi connectivity index (χ1v) is 5.66. The zero-order chi connectivity index (χ0) is 14.3. The van der Waals surface area contributed by atoms with E-state index in [0.717, 1.165) is 18.8 Å². The third-order valence-corrected chi connectivity index (χ3v) is 2.25. The molecule has 1 rings (SSSR count). The van der Waals surface area contributed by atoms with Gasteiger partial charge in [0.15, 0.2) is 0 Å². The summed E-state index contributed by atoms with van der Waals surface area (Å²) >= 11 is 0. The number of ketones is 1. The lowest BCUT2D eigenvalue weighted by Gasteiger charge is -2.04. The summed E-state index contributed by atoms with van der Waals surface area (Å²) in [6, 6.07) is 0. The number of nitrogens with zero attached hydrogens (tertiary/aromatic N) is 2. The van der Waals surface area contributed by atoms with Crippen molar-refractivity contribution in [3.63, 3.8) is 0 Å². The number of methoxy groups -OCH3 is 1. The van der Waals surface area contributed by atoms with Crippen LogP contribution in [0.5, 0.6) is 0 Å². The van der Waals surface area contributed by atoms with Gasteiger partial charge in [-0.05, 0) is 6.42 Å². The van der Waals surface area contributed by atoms with Crippen molar-refractivity contribution >= 4 is 5.78 Å².